The van der Waals surface area contributed by atoms with Crippen molar-refractivity contribution in [2.24, 2.45) is 0 Å². The van der Waals surface area contributed by atoms with Crippen molar-refractivity contribution in [3.63, 3.8) is 0 Å². The van der Waals surface area contributed by atoms with Crippen LogP contribution in [0, 0.1) is 0 Å². The number of rotatable bonds is 8. The van der Waals surface area contributed by atoms with E-state index >= 15 is 0 Å². The van der Waals surface area contributed by atoms with Gasteiger partial charge >= 0.3 is 0 Å². The van der Waals surface area contributed by atoms with E-state index in [0.717, 1.165) is 18.8 Å². The highest BCUT2D eigenvalue weighted by Crippen LogP contribution is 2.14. The molecule has 2 rings (SSSR count). The van der Waals surface area contributed by atoms with Gasteiger partial charge in [-0.15, -0.1) is 0 Å². The Labute approximate surface area is 173 Å². The lowest BCUT2D eigenvalue weighted by atomic mass is 10.1. The van der Waals surface area contributed by atoms with Crippen LogP contribution in [0.5, 0.6) is 5.75 Å². The lowest BCUT2D eigenvalue weighted by molar-refractivity contribution is -0.896. The molecule has 0 bridgehead atoms. The van der Waals surface area contributed by atoms with Crippen LogP contribution in [0.3, 0.4) is 0 Å². The van der Waals surface area contributed by atoms with Crippen LogP contribution in [0.1, 0.15) is 50.9 Å². The molecule has 2 N–H and O–H groups in total. The first-order valence-electron chi connectivity index (χ1n) is 10.4. The van der Waals surface area contributed by atoms with Crippen LogP contribution in [-0.2, 0) is 9.59 Å². The zero-order valence-corrected chi connectivity index (χ0v) is 18.0. The number of amides is 2. The van der Waals surface area contributed by atoms with Crippen molar-refractivity contribution in [1.29, 1.82) is 0 Å². The first-order valence-corrected chi connectivity index (χ1v) is 10.4. The number of Topliss-reactive ketones (excluding diaryl/α,β-unsaturated/α-hetero) is 1. The monoisotopic (exact) mass is 404 g/mol. The molecule has 0 aromatic heterocycles. The molecule has 1 fully saturated rings. The third-order valence-corrected chi connectivity index (χ3v) is 4.80. The quantitative estimate of drug-likeness (QED) is 0.625. The van der Waals surface area contributed by atoms with Gasteiger partial charge in [-0.1, -0.05) is 0 Å². The van der Waals surface area contributed by atoms with Crippen LogP contribution in [-0.4, -0.2) is 67.4 Å². The van der Waals surface area contributed by atoms with Crippen LogP contribution in [0.4, 0.5) is 0 Å². The van der Waals surface area contributed by atoms with Gasteiger partial charge in [0.15, 0.2) is 12.3 Å². The molecule has 7 heteroatoms. The summed E-state index contributed by atoms with van der Waals surface area (Å²) in [6.45, 7) is 11.5. The second-order valence-corrected chi connectivity index (χ2v) is 8.49. The Balaban J connectivity index is 1.72. The van der Waals surface area contributed by atoms with Crippen molar-refractivity contribution in [1.82, 2.24) is 10.2 Å². The minimum Gasteiger partial charge on any atom is -0.494 e. The molecule has 0 spiro atoms. The van der Waals surface area contributed by atoms with Crippen LogP contribution < -0.4 is 15.0 Å². The Morgan fingerprint density at radius 3 is 2.24 bits per heavy atom. The van der Waals surface area contributed by atoms with E-state index in [2.05, 4.69) is 5.32 Å². The summed E-state index contributed by atoms with van der Waals surface area (Å²) in [5.74, 6) is 0.733. The number of nitrogens with one attached hydrogen (secondary N) is 2. The highest BCUT2D eigenvalue weighted by atomic mass is 16.5. The molecule has 1 aromatic carbocycles. The van der Waals surface area contributed by atoms with Crippen LogP contribution >= 0.6 is 0 Å². The van der Waals surface area contributed by atoms with Gasteiger partial charge < -0.3 is 19.9 Å². The molecule has 160 valence electrons. The molecule has 1 aliphatic rings. The summed E-state index contributed by atoms with van der Waals surface area (Å²) < 4.78 is 5.38. The lowest BCUT2D eigenvalue weighted by Gasteiger charge is -2.32. The topological polar surface area (TPSA) is 80.2 Å². The van der Waals surface area contributed by atoms with Crippen molar-refractivity contribution in [2.45, 2.75) is 46.1 Å². The van der Waals surface area contributed by atoms with E-state index in [1.165, 1.54) is 4.90 Å². The number of quaternary nitrogens is 1. The van der Waals surface area contributed by atoms with Gasteiger partial charge in [0, 0.05) is 23.9 Å². The number of hydrogen-bond donors (Lipinski definition) is 2. The van der Waals surface area contributed by atoms with E-state index in [-0.39, 0.29) is 36.0 Å². The van der Waals surface area contributed by atoms with Crippen molar-refractivity contribution in [3.05, 3.63) is 29.8 Å². The first-order chi connectivity index (χ1) is 13.7. The highest BCUT2D eigenvalue weighted by molar-refractivity contribution is 5.98. The number of benzene rings is 1. The summed E-state index contributed by atoms with van der Waals surface area (Å²) in [5, 5.41) is 2.97. The van der Waals surface area contributed by atoms with Crippen molar-refractivity contribution in [2.75, 3.05) is 39.3 Å². The minimum absolute atomic E-state index is 0.00230. The van der Waals surface area contributed by atoms with Crippen molar-refractivity contribution < 1.29 is 24.0 Å². The summed E-state index contributed by atoms with van der Waals surface area (Å²) in [6, 6.07) is 7.03. The Hall–Kier alpha value is -2.41. The molecule has 2 amide bonds. The molecule has 29 heavy (non-hydrogen) atoms. The smallest absolute Gasteiger partial charge is 0.275 e. The largest absolute Gasteiger partial charge is 0.494 e. The zero-order valence-electron chi connectivity index (χ0n) is 18.0. The highest BCUT2D eigenvalue weighted by Gasteiger charge is 2.26. The maximum Gasteiger partial charge on any atom is 0.275 e. The Morgan fingerprint density at radius 1 is 1.07 bits per heavy atom. The fraction of sp³-hybridized carbons (Fsp3) is 0.591. The lowest BCUT2D eigenvalue weighted by Crippen LogP contribution is -3.16. The molecule has 0 radical (unpaired) electrons. The molecule has 0 saturated carbocycles. The fourth-order valence-corrected chi connectivity index (χ4v) is 3.37. The summed E-state index contributed by atoms with van der Waals surface area (Å²) in [7, 11) is 0. The Kier molecular flexibility index (Phi) is 8.20. The first kappa shape index (κ1) is 22.9. The average Bonchev–Trinajstić information content (AvgIpc) is 2.65. The second-order valence-electron chi connectivity index (χ2n) is 8.49. The number of hydrogen-bond acceptors (Lipinski definition) is 4. The Morgan fingerprint density at radius 2 is 1.69 bits per heavy atom. The third-order valence-electron chi connectivity index (χ3n) is 4.80. The standard InChI is InChI=1S/C22H33N3O4/c1-5-29-18-8-6-17(7-9-18)19(26)10-11-21(28)25-14-12-24(13-15-25)16-20(27)23-22(2,3)4/h6-9H,5,10-16H2,1-4H3,(H,23,27)/p+1. The minimum atomic E-state index is -0.232. The van der Waals surface area contributed by atoms with Crippen LogP contribution in [0.2, 0.25) is 0 Å². The number of carbonyl (C=O) groups excluding carboxylic acids is 3. The van der Waals surface area contributed by atoms with Gasteiger partial charge in [0.2, 0.25) is 5.91 Å². The summed E-state index contributed by atoms with van der Waals surface area (Å²) in [4.78, 5) is 39.8. The van der Waals surface area contributed by atoms with Gasteiger partial charge in [-0.25, -0.2) is 0 Å². The SMILES string of the molecule is CCOc1ccc(C(=O)CCC(=O)N2CC[NH+](CC(=O)NC(C)(C)C)CC2)cc1. The fourth-order valence-electron chi connectivity index (χ4n) is 3.37. The molecular formula is C22H34N3O4+. The third kappa shape index (κ3) is 7.85. The molecule has 1 aromatic rings. The summed E-state index contributed by atoms with van der Waals surface area (Å²) >= 11 is 0. The molecular weight excluding hydrogens is 370 g/mol. The van der Waals surface area contributed by atoms with Crippen molar-refractivity contribution >= 4 is 17.6 Å². The van der Waals surface area contributed by atoms with Gasteiger partial charge in [0.1, 0.15) is 5.75 Å². The summed E-state index contributed by atoms with van der Waals surface area (Å²) in [5.41, 5.74) is 0.366. The predicted molar refractivity (Wildman–Crippen MR) is 111 cm³/mol. The van der Waals surface area contributed by atoms with Crippen LogP contribution in [0.15, 0.2) is 24.3 Å². The van der Waals surface area contributed by atoms with E-state index in [1.54, 1.807) is 29.2 Å². The van der Waals surface area contributed by atoms with E-state index in [0.29, 0.717) is 31.8 Å². The number of piperazine rings is 1. The maximum atomic E-state index is 12.5. The van der Waals surface area contributed by atoms with Gasteiger partial charge in [-0.3, -0.25) is 14.4 Å². The number of ether oxygens (including phenoxy) is 1. The second kappa shape index (κ2) is 10.4. The molecule has 1 saturated heterocycles. The Bertz CT molecular complexity index is 702. The van der Waals surface area contributed by atoms with E-state index in [9.17, 15) is 14.4 Å². The number of carbonyl (C=O) groups is 3. The molecule has 7 nitrogen and oxygen atoms in total. The average molecular weight is 405 g/mol. The van der Waals surface area contributed by atoms with Gasteiger partial charge in [0.05, 0.1) is 32.8 Å². The summed E-state index contributed by atoms with van der Waals surface area (Å²) in [6.07, 6.45) is 0.416. The normalized spacial score (nSPS) is 15.1. The molecule has 0 atom stereocenters. The van der Waals surface area contributed by atoms with Gasteiger partial charge in [0.25, 0.3) is 5.91 Å². The predicted octanol–water partition coefficient (Wildman–Crippen LogP) is 0.690. The van der Waals surface area contributed by atoms with Crippen LogP contribution in [0.25, 0.3) is 0 Å². The van der Waals surface area contributed by atoms with E-state index < -0.39 is 0 Å². The van der Waals surface area contributed by atoms with E-state index in [4.69, 9.17) is 4.74 Å². The molecule has 1 aliphatic heterocycles. The van der Waals surface area contributed by atoms with Gasteiger partial charge in [-0.05, 0) is 52.0 Å². The molecule has 0 unspecified atom stereocenters. The van der Waals surface area contributed by atoms with E-state index in [1.807, 2.05) is 27.7 Å². The molecule has 1 heterocycles. The number of ketones is 1. The number of nitrogens with zero attached hydrogens (tertiary/aromatic N) is 1. The van der Waals surface area contributed by atoms with Gasteiger partial charge in [-0.2, -0.15) is 0 Å². The van der Waals surface area contributed by atoms with Crippen molar-refractivity contribution in [3.8, 4) is 5.75 Å². The molecule has 0 aliphatic carbocycles. The maximum absolute atomic E-state index is 12.5. The zero-order chi connectivity index (χ0) is 21.4.